The molecule has 2 N–H and O–H groups in total. The molecular weight excluding hydrogens is 264 g/mol. The second kappa shape index (κ2) is 8.25. The van der Waals surface area contributed by atoms with Crippen molar-refractivity contribution < 1.29 is 9.84 Å². The molecule has 118 valence electrons. The quantitative estimate of drug-likeness (QED) is 0.811. The number of rotatable bonds is 7. The molecule has 0 saturated heterocycles. The van der Waals surface area contributed by atoms with Gasteiger partial charge in [0.2, 0.25) is 0 Å². The lowest BCUT2D eigenvalue weighted by Crippen LogP contribution is -2.30. The van der Waals surface area contributed by atoms with Gasteiger partial charge in [-0.3, -0.25) is 0 Å². The average Bonchev–Trinajstić information content (AvgIpc) is 2.47. The summed E-state index contributed by atoms with van der Waals surface area (Å²) in [6.45, 7) is 0.939. The van der Waals surface area contributed by atoms with Crippen LogP contribution in [0.2, 0.25) is 0 Å². The van der Waals surface area contributed by atoms with Gasteiger partial charge in [0.1, 0.15) is 18.5 Å². The van der Waals surface area contributed by atoms with Crippen LogP contribution < -0.4 is 10.1 Å². The van der Waals surface area contributed by atoms with Crippen molar-refractivity contribution in [3.63, 3.8) is 0 Å². The minimum Gasteiger partial charge on any atom is -0.491 e. The van der Waals surface area contributed by atoms with E-state index in [-0.39, 0.29) is 0 Å². The molecule has 0 radical (unpaired) electrons. The molecule has 1 unspecified atom stereocenters. The number of likely N-dealkylation sites (N-methyl/N-ethyl adjacent to an activating group) is 1. The normalized spacial score (nSPS) is 17.7. The number of aliphatic hydroxyl groups is 1. The lowest BCUT2D eigenvalue weighted by atomic mass is 9.95. The molecule has 1 atom stereocenters. The van der Waals surface area contributed by atoms with Crippen molar-refractivity contribution >= 4 is 5.69 Å². The van der Waals surface area contributed by atoms with Crippen LogP contribution in [0.15, 0.2) is 24.3 Å². The molecule has 2 rings (SSSR count). The highest BCUT2D eigenvalue weighted by molar-refractivity contribution is 5.47. The van der Waals surface area contributed by atoms with E-state index in [1.165, 1.54) is 32.1 Å². The van der Waals surface area contributed by atoms with E-state index in [9.17, 15) is 5.11 Å². The molecule has 0 aromatic heterocycles. The molecule has 1 aliphatic carbocycles. The minimum absolute atomic E-state index is 0.327. The Morgan fingerprint density at radius 1 is 1.19 bits per heavy atom. The van der Waals surface area contributed by atoms with Gasteiger partial charge in [-0.2, -0.15) is 0 Å². The molecule has 0 amide bonds. The van der Waals surface area contributed by atoms with Gasteiger partial charge in [0.15, 0.2) is 0 Å². The first-order valence-electron chi connectivity index (χ1n) is 7.95. The van der Waals surface area contributed by atoms with Gasteiger partial charge in [0.05, 0.1) is 0 Å². The van der Waals surface area contributed by atoms with Crippen LogP contribution in [0.4, 0.5) is 5.69 Å². The third-order valence-corrected chi connectivity index (χ3v) is 3.85. The SMILES string of the molecule is CN(C)CC(O)COc1ccc(NC2CCCCC2)cc1. The Bertz CT molecular complexity index is 400. The zero-order valence-corrected chi connectivity index (χ0v) is 13.2. The summed E-state index contributed by atoms with van der Waals surface area (Å²) < 4.78 is 5.61. The minimum atomic E-state index is -0.458. The van der Waals surface area contributed by atoms with E-state index in [0.717, 1.165) is 11.4 Å². The van der Waals surface area contributed by atoms with E-state index in [0.29, 0.717) is 19.2 Å². The molecule has 0 aliphatic heterocycles. The summed E-state index contributed by atoms with van der Waals surface area (Å²) in [6.07, 6.45) is 6.13. The second-order valence-corrected chi connectivity index (χ2v) is 6.23. The number of hydrogen-bond donors (Lipinski definition) is 2. The van der Waals surface area contributed by atoms with Crippen LogP contribution in [0.25, 0.3) is 0 Å². The number of ether oxygens (including phenoxy) is 1. The molecule has 4 heteroatoms. The molecule has 21 heavy (non-hydrogen) atoms. The van der Waals surface area contributed by atoms with Gasteiger partial charge in [-0.25, -0.2) is 0 Å². The summed E-state index contributed by atoms with van der Waals surface area (Å²) >= 11 is 0. The van der Waals surface area contributed by atoms with Crippen LogP contribution in [0, 0.1) is 0 Å². The molecular formula is C17H28N2O2. The van der Waals surface area contributed by atoms with E-state index in [2.05, 4.69) is 17.4 Å². The third-order valence-electron chi connectivity index (χ3n) is 3.85. The number of anilines is 1. The summed E-state index contributed by atoms with van der Waals surface area (Å²) in [5, 5.41) is 13.4. The molecule has 1 aromatic rings. The number of aliphatic hydroxyl groups excluding tert-OH is 1. The van der Waals surface area contributed by atoms with Crippen molar-refractivity contribution in [3.8, 4) is 5.75 Å². The lowest BCUT2D eigenvalue weighted by molar-refractivity contribution is 0.0831. The van der Waals surface area contributed by atoms with E-state index in [1.54, 1.807) is 0 Å². The maximum Gasteiger partial charge on any atom is 0.119 e. The average molecular weight is 292 g/mol. The summed E-state index contributed by atoms with van der Waals surface area (Å²) in [5.74, 6) is 0.807. The molecule has 0 heterocycles. The van der Waals surface area contributed by atoms with E-state index < -0.39 is 6.10 Å². The van der Waals surface area contributed by atoms with Crippen molar-refractivity contribution in [1.29, 1.82) is 0 Å². The predicted octanol–water partition coefficient (Wildman–Crippen LogP) is 2.73. The Balaban J connectivity index is 1.76. The van der Waals surface area contributed by atoms with Crippen LogP contribution in [0.5, 0.6) is 5.75 Å². The highest BCUT2D eigenvalue weighted by Crippen LogP contribution is 2.23. The van der Waals surface area contributed by atoms with Crippen LogP contribution in [-0.4, -0.2) is 49.4 Å². The highest BCUT2D eigenvalue weighted by atomic mass is 16.5. The predicted molar refractivity (Wildman–Crippen MR) is 87.0 cm³/mol. The van der Waals surface area contributed by atoms with Gasteiger partial charge in [0.25, 0.3) is 0 Å². The molecule has 4 nitrogen and oxygen atoms in total. The number of nitrogens with one attached hydrogen (secondary N) is 1. The molecule has 0 spiro atoms. The number of nitrogens with zero attached hydrogens (tertiary/aromatic N) is 1. The van der Waals surface area contributed by atoms with Crippen LogP contribution >= 0.6 is 0 Å². The first-order valence-corrected chi connectivity index (χ1v) is 7.95. The Morgan fingerprint density at radius 2 is 1.86 bits per heavy atom. The summed E-state index contributed by atoms with van der Waals surface area (Å²) in [4.78, 5) is 1.95. The molecule has 1 aromatic carbocycles. The summed E-state index contributed by atoms with van der Waals surface area (Å²) in [7, 11) is 3.88. The van der Waals surface area contributed by atoms with Crippen molar-refractivity contribution in [3.05, 3.63) is 24.3 Å². The Kier molecular flexibility index (Phi) is 6.33. The second-order valence-electron chi connectivity index (χ2n) is 6.23. The topological polar surface area (TPSA) is 44.7 Å². The van der Waals surface area contributed by atoms with Gasteiger partial charge in [-0.1, -0.05) is 19.3 Å². The van der Waals surface area contributed by atoms with Crippen molar-refractivity contribution in [2.24, 2.45) is 0 Å². The van der Waals surface area contributed by atoms with Crippen LogP contribution in [-0.2, 0) is 0 Å². The zero-order chi connectivity index (χ0) is 15.1. The van der Waals surface area contributed by atoms with Gasteiger partial charge >= 0.3 is 0 Å². The molecule has 1 aliphatic rings. The smallest absolute Gasteiger partial charge is 0.119 e. The Morgan fingerprint density at radius 3 is 2.48 bits per heavy atom. The lowest BCUT2D eigenvalue weighted by Gasteiger charge is -2.24. The van der Waals surface area contributed by atoms with Crippen molar-refractivity contribution in [2.75, 3.05) is 32.6 Å². The zero-order valence-electron chi connectivity index (χ0n) is 13.2. The Labute approximate surface area is 128 Å². The van der Waals surface area contributed by atoms with Gasteiger partial charge < -0.3 is 20.1 Å². The maximum absolute atomic E-state index is 9.77. The summed E-state index contributed by atoms with van der Waals surface area (Å²) in [6, 6.07) is 8.67. The fourth-order valence-corrected chi connectivity index (χ4v) is 2.80. The Hall–Kier alpha value is -1.26. The van der Waals surface area contributed by atoms with Gasteiger partial charge in [-0.05, 0) is 51.2 Å². The standard InChI is InChI=1S/C17H28N2O2/c1-19(2)12-16(20)13-21-17-10-8-15(9-11-17)18-14-6-4-3-5-7-14/h8-11,14,16,18,20H,3-7,12-13H2,1-2H3. The van der Waals surface area contributed by atoms with E-state index >= 15 is 0 Å². The van der Waals surface area contributed by atoms with E-state index in [4.69, 9.17) is 4.74 Å². The largest absolute Gasteiger partial charge is 0.491 e. The first-order chi connectivity index (χ1) is 10.1. The van der Waals surface area contributed by atoms with Crippen LogP contribution in [0.3, 0.4) is 0 Å². The molecule has 1 fully saturated rings. The maximum atomic E-state index is 9.77. The fourth-order valence-electron chi connectivity index (χ4n) is 2.80. The fraction of sp³-hybridized carbons (Fsp3) is 0.647. The van der Waals surface area contributed by atoms with Crippen molar-refractivity contribution in [2.45, 2.75) is 44.2 Å². The molecule has 0 bridgehead atoms. The highest BCUT2D eigenvalue weighted by Gasteiger charge is 2.12. The number of hydrogen-bond acceptors (Lipinski definition) is 4. The van der Waals surface area contributed by atoms with Gasteiger partial charge in [0, 0.05) is 18.3 Å². The monoisotopic (exact) mass is 292 g/mol. The molecule has 1 saturated carbocycles. The third kappa shape index (κ3) is 5.94. The van der Waals surface area contributed by atoms with Crippen molar-refractivity contribution in [1.82, 2.24) is 4.90 Å². The van der Waals surface area contributed by atoms with Crippen LogP contribution in [0.1, 0.15) is 32.1 Å². The first kappa shape index (κ1) is 16.1. The van der Waals surface area contributed by atoms with E-state index in [1.807, 2.05) is 31.1 Å². The summed E-state index contributed by atoms with van der Waals surface area (Å²) in [5.41, 5.74) is 1.16. The number of benzene rings is 1. The van der Waals surface area contributed by atoms with Gasteiger partial charge in [-0.15, -0.1) is 0 Å².